The average Bonchev–Trinajstić information content (AvgIpc) is 2.06. The predicted molar refractivity (Wildman–Crippen MR) is 52.0 cm³/mol. The minimum absolute atomic E-state index is 0.151. The molecule has 0 aliphatic heterocycles. The highest BCUT2D eigenvalue weighted by Gasteiger charge is 2.25. The number of alkyl halides is 2. The monoisotopic (exact) mass is 217 g/mol. The van der Waals surface area contributed by atoms with Gasteiger partial charge < -0.3 is 4.57 Å². The molecular weight excluding hydrogens is 204 g/mol. The Morgan fingerprint density at radius 1 is 1.18 bits per heavy atom. The van der Waals surface area contributed by atoms with Crippen LogP contribution in [-0.2, 0) is 4.57 Å². The third kappa shape index (κ3) is 2.95. The van der Waals surface area contributed by atoms with Crippen molar-refractivity contribution in [2.75, 3.05) is 24.3 Å². The maximum absolute atomic E-state index is 11.8. The number of rotatable bonds is 5. The van der Waals surface area contributed by atoms with E-state index in [-0.39, 0.29) is 11.2 Å². The largest absolute Gasteiger partial charge is 0.304 e. The van der Waals surface area contributed by atoms with Gasteiger partial charge in [0.2, 0.25) is 0 Å². The first kappa shape index (κ1) is 11.8. The lowest BCUT2D eigenvalue weighted by molar-refractivity contribution is 0.449. The van der Waals surface area contributed by atoms with Crippen molar-refractivity contribution >= 4 is 30.5 Å². The SMILES string of the molecule is CCN(CC)P(=O)(CCl)CCl. The molecule has 0 aliphatic rings. The van der Waals surface area contributed by atoms with Gasteiger partial charge in [0.15, 0.2) is 7.29 Å². The van der Waals surface area contributed by atoms with Crippen molar-refractivity contribution in [1.29, 1.82) is 0 Å². The average molecular weight is 218 g/mol. The molecule has 0 radical (unpaired) electrons. The fraction of sp³-hybridized carbons (Fsp3) is 1.00. The second-order valence-electron chi connectivity index (χ2n) is 2.22. The van der Waals surface area contributed by atoms with Gasteiger partial charge in [0.05, 0.1) is 11.2 Å². The lowest BCUT2D eigenvalue weighted by Gasteiger charge is -2.26. The molecule has 0 heterocycles. The molecule has 0 N–H and O–H groups in total. The van der Waals surface area contributed by atoms with Crippen LogP contribution in [0.2, 0.25) is 0 Å². The van der Waals surface area contributed by atoms with Gasteiger partial charge >= 0.3 is 0 Å². The van der Waals surface area contributed by atoms with Crippen LogP contribution in [0.5, 0.6) is 0 Å². The Balaban J connectivity index is 4.32. The molecule has 0 bridgehead atoms. The second kappa shape index (κ2) is 5.42. The fourth-order valence-electron chi connectivity index (χ4n) is 0.922. The molecule has 0 saturated carbocycles. The molecule has 0 fully saturated rings. The molecule has 2 nitrogen and oxygen atoms in total. The zero-order chi connectivity index (χ0) is 8.91. The zero-order valence-corrected chi connectivity index (χ0v) is 9.29. The van der Waals surface area contributed by atoms with Crippen LogP contribution in [0.3, 0.4) is 0 Å². The van der Waals surface area contributed by atoms with Crippen molar-refractivity contribution in [3.8, 4) is 0 Å². The Kier molecular flexibility index (Phi) is 5.80. The summed E-state index contributed by atoms with van der Waals surface area (Å²) in [6.07, 6.45) is 0. The van der Waals surface area contributed by atoms with Gasteiger partial charge in [0, 0.05) is 13.1 Å². The third-order valence-corrected chi connectivity index (χ3v) is 6.20. The van der Waals surface area contributed by atoms with Gasteiger partial charge in [0.1, 0.15) is 0 Å². The standard InChI is InChI=1S/C6H14Cl2NOP/c1-3-9(4-2)11(10,5-7)6-8/h3-6H2,1-2H3. The van der Waals surface area contributed by atoms with Crippen LogP contribution in [0.1, 0.15) is 13.8 Å². The van der Waals surface area contributed by atoms with E-state index < -0.39 is 7.29 Å². The Labute approximate surface area is 78.3 Å². The van der Waals surface area contributed by atoms with Crippen LogP contribution in [-0.4, -0.2) is 29.0 Å². The van der Waals surface area contributed by atoms with Crippen LogP contribution >= 0.6 is 30.5 Å². The van der Waals surface area contributed by atoms with Gasteiger partial charge in [0.25, 0.3) is 0 Å². The lowest BCUT2D eigenvalue weighted by Crippen LogP contribution is -2.20. The Morgan fingerprint density at radius 3 is 1.64 bits per heavy atom. The van der Waals surface area contributed by atoms with Gasteiger partial charge in [-0.25, -0.2) is 0 Å². The molecule has 0 atom stereocenters. The molecule has 0 unspecified atom stereocenters. The normalized spacial score (nSPS) is 12.5. The van der Waals surface area contributed by atoms with E-state index in [0.717, 1.165) is 13.1 Å². The van der Waals surface area contributed by atoms with Gasteiger partial charge in [-0.05, 0) is 0 Å². The smallest absolute Gasteiger partial charge is 0.178 e. The molecule has 5 heteroatoms. The van der Waals surface area contributed by atoms with E-state index in [1.54, 1.807) is 0 Å². The van der Waals surface area contributed by atoms with E-state index in [2.05, 4.69) is 0 Å². The highest BCUT2D eigenvalue weighted by molar-refractivity contribution is 7.64. The highest BCUT2D eigenvalue weighted by Crippen LogP contribution is 2.50. The number of nitrogens with zero attached hydrogens (tertiary/aromatic N) is 1. The van der Waals surface area contributed by atoms with Crippen LogP contribution in [0.15, 0.2) is 0 Å². The fourth-order valence-corrected chi connectivity index (χ4v) is 3.99. The molecule has 0 rings (SSSR count). The summed E-state index contributed by atoms with van der Waals surface area (Å²) in [6, 6.07) is 0. The van der Waals surface area contributed by atoms with Crippen molar-refractivity contribution in [1.82, 2.24) is 4.67 Å². The van der Waals surface area contributed by atoms with Gasteiger partial charge in [-0.1, -0.05) is 13.8 Å². The maximum atomic E-state index is 11.8. The van der Waals surface area contributed by atoms with Gasteiger partial charge in [-0.15, -0.1) is 23.2 Å². The summed E-state index contributed by atoms with van der Waals surface area (Å²) in [7, 11) is -2.43. The summed E-state index contributed by atoms with van der Waals surface area (Å²) in [5.41, 5.74) is 0.302. The summed E-state index contributed by atoms with van der Waals surface area (Å²) in [5, 5.41) is 0. The molecule has 0 aromatic rings. The summed E-state index contributed by atoms with van der Waals surface area (Å²) in [6.45, 7) is 5.39. The Morgan fingerprint density at radius 2 is 1.55 bits per heavy atom. The minimum Gasteiger partial charge on any atom is -0.304 e. The van der Waals surface area contributed by atoms with E-state index in [1.165, 1.54) is 0 Å². The van der Waals surface area contributed by atoms with Crippen molar-refractivity contribution < 1.29 is 4.57 Å². The summed E-state index contributed by atoms with van der Waals surface area (Å²) >= 11 is 11.1. The van der Waals surface area contributed by atoms with E-state index >= 15 is 0 Å². The van der Waals surface area contributed by atoms with E-state index in [0.29, 0.717) is 0 Å². The first-order chi connectivity index (χ1) is 5.14. The van der Waals surface area contributed by atoms with E-state index in [4.69, 9.17) is 23.2 Å². The molecule has 0 spiro atoms. The number of hydrogen-bond acceptors (Lipinski definition) is 1. The molecule has 0 saturated heterocycles. The quantitative estimate of drug-likeness (QED) is 0.522. The van der Waals surface area contributed by atoms with Crippen molar-refractivity contribution in [2.24, 2.45) is 0 Å². The number of halogens is 2. The van der Waals surface area contributed by atoms with Gasteiger partial charge in [-0.3, -0.25) is 4.67 Å². The molecule has 68 valence electrons. The van der Waals surface area contributed by atoms with Gasteiger partial charge in [-0.2, -0.15) is 0 Å². The van der Waals surface area contributed by atoms with Crippen LogP contribution in [0.4, 0.5) is 0 Å². The first-order valence-corrected chi connectivity index (χ1v) is 6.70. The molecule has 0 amide bonds. The summed E-state index contributed by atoms with van der Waals surface area (Å²) in [5.74, 6) is 0. The lowest BCUT2D eigenvalue weighted by atomic mass is 10.7. The Hall–Kier alpha value is 0.770. The van der Waals surface area contributed by atoms with E-state index in [1.807, 2.05) is 18.5 Å². The zero-order valence-electron chi connectivity index (χ0n) is 6.89. The second-order valence-corrected chi connectivity index (χ2v) is 6.39. The molecule has 0 aromatic carbocycles. The molecule has 11 heavy (non-hydrogen) atoms. The summed E-state index contributed by atoms with van der Waals surface area (Å²) < 4.78 is 13.6. The highest BCUT2D eigenvalue weighted by atomic mass is 35.5. The third-order valence-electron chi connectivity index (χ3n) is 1.62. The minimum atomic E-state index is -2.43. The topological polar surface area (TPSA) is 20.3 Å². The van der Waals surface area contributed by atoms with Crippen molar-refractivity contribution in [3.63, 3.8) is 0 Å². The van der Waals surface area contributed by atoms with Crippen LogP contribution in [0, 0.1) is 0 Å². The van der Waals surface area contributed by atoms with E-state index in [9.17, 15) is 4.57 Å². The first-order valence-electron chi connectivity index (χ1n) is 3.60. The molecule has 0 aliphatic carbocycles. The van der Waals surface area contributed by atoms with Crippen LogP contribution in [0.25, 0.3) is 0 Å². The predicted octanol–water partition coefficient (Wildman–Crippen LogP) is 3.00. The molecular formula is C6H14Cl2NOP. The Bertz CT molecular complexity index is 142. The number of hydrogen-bond donors (Lipinski definition) is 0. The molecule has 0 aromatic heterocycles. The summed E-state index contributed by atoms with van der Waals surface area (Å²) in [4.78, 5) is 0. The maximum Gasteiger partial charge on any atom is 0.178 e. The van der Waals surface area contributed by atoms with Crippen molar-refractivity contribution in [2.45, 2.75) is 13.8 Å². The van der Waals surface area contributed by atoms with Crippen LogP contribution < -0.4 is 0 Å². The van der Waals surface area contributed by atoms with Crippen molar-refractivity contribution in [3.05, 3.63) is 0 Å².